The Bertz CT molecular complexity index is 1440. The smallest absolute Gasteiger partial charge is 0.0795 e. The second-order valence-electron chi connectivity index (χ2n) is 11.2. The van der Waals surface area contributed by atoms with Crippen LogP contribution >= 0.6 is 0 Å². The molecule has 0 aliphatic rings. The summed E-state index contributed by atoms with van der Waals surface area (Å²) in [5, 5.41) is 1.40. The third kappa shape index (κ3) is 7.92. The minimum Gasteiger partial charge on any atom is -0.305 e. The average Bonchev–Trinajstić information content (AvgIpc) is 2.94. The fraction of sp³-hybridized carbons (Fsp3) is 0.200. The van der Waals surface area contributed by atoms with E-state index in [9.17, 15) is 0 Å². The van der Waals surface area contributed by atoms with Crippen LogP contribution in [0, 0.1) is 19.1 Å². The number of hydrogen-bond donors (Lipinski definition) is 0. The van der Waals surface area contributed by atoms with Crippen molar-refractivity contribution in [2.45, 2.75) is 45.8 Å². The van der Waals surface area contributed by atoms with Crippen molar-refractivity contribution in [1.29, 1.82) is 0 Å². The van der Waals surface area contributed by atoms with Crippen molar-refractivity contribution >= 4 is 13.3 Å². The monoisotopic (exact) mass is 705 g/mol. The van der Waals surface area contributed by atoms with Crippen molar-refractivity contribution in [3.8, 4) is 22.5 Å². The summed E-state index contributed by atoms with van der Waals surface area (Å²) in [6, 6.07) is 39.9. The first-order valence-electron chi connectivity index (χ1n) is 13.1. The van der Waals surface area contributed by atoms with Gasteiger partial charge in [-0.1, -0.05) is 95.0 Å². The fourth-order valence-corrected chi connectivity index (χ4v) is 5.24. The van der Waals surface area contributed by atoms with Crippen LogP contribution in [0.2, 0.25) is 19.6 Å². The van der Waals surface area contributed by atoms with Crippen LogP contribution in [-0.2, 0) is 25.5 Å². The van der Waals surface area contributed by atoms with Gasteiger partial charge in [-0.05, 0) is 33.6 Å². The first-order valence-corrected chi connectivity index (χ1v) is 16.6. The van der Waals surface area contributed by atoms with Gasteiger partial charge in [0.2, 0.25) is 0 Å². The Kier molecular flexibility index (Phi) is 10.3. The molecular weight excluding hydrogens is 669 g/mol. The maximum absolute atomic E-state index is 4.55. The summed E-state index contributed by atoms with van der Waals surface area (Å²) in [4.78, 5) is 8.96. The van der Waals surface area contributed by atoms with E-state index in [-0.39, 0.29) is 25.5 Å². The van der Waals surface area contributed by atoms with Crippen molar-refractivity contribution in [3.05, 3.63) is 138 Å². The molecule has 4 heteroatoms. The fourth-order valence-electron chi connectivity index (χ4n) is 4.21. The van der Waals surface area contributed by atoms with E-state index >= 15 is 0 Å². The van der Waals surface area contributed by atoms with Crippen molar-refractivity contribution < 1.29 is 20.1 Å². The molecule has 2 nitrogen and oxygen atoms in total. The van der Waals surface area contributed by atoms with Gasteiger partial charge in [0.05, 0.1) is 8.07 Å². The minimum absolute atomic E-state index is 0. The van der Waals surface area contributed by atoms with E-state index in [1.54, 1.807) is 0 Å². The quantitative estimate of drug-likeness (QED) is 0.136. The van der Waals surface area contributed by atoms with E-state index in [0.29, 0.717) is 0 Å². The second kappa shape index (κ2) is 13.3. The normalized spacial score (nSPS) is 11.1. The zero-order valence-corrected chi connectivity index (χ0v) is 27.0. The Hall–Kier alpha value is -3.17. The Balaban J connectivity index is 0.000000215. The second-order valence-corrected chi connectivity index (χ2v) is 16.2. The molecule has 0 bridgehead atoms. The van der Waals surface area contributed by atoms with Crippen LogP contribution in [-0.4, -0.2) is 18.0 Å². The Morgan fingerprint density at radius 3 is 2.00 bits per heavy atom. The number of aromatic nitrogens is 2. The summed E-state index contributed by atoms with van der Waals surface area (Å²) in [7, 11) is -1.24. The SMILES string of the molecule is CC(C)(c1ccccc1)c1cc[c-]c(-c2ccccn2)c1.Cc1c[c-]c(-c2ccc([Si](C)(C)C)cn2)cc1.[Ir]. The summed E-state index contributed by atoms with van der Waals surface area (Å²) in [5.41, 5.74) is 7.84. The summed E-state index contributed by atoms with van der Waals surface area (Å²) < 4.78 is 0. The van der Waals surface area contributed by atoms with Gasteiger partial charge in [0, 0.05) is 32.5 Å². The summed E-state index contributed by atoms with van der Waals surface area (Å²) in [5.74, 6) is 0. The predicted octanol–water partition coefficient (Wildman–Crippen LogP) is 8.27. The largest absolute Gasteiger partial charge is 0.305 e. The molecule has 0 N–H and O–H groups in total. The molecule has 201 valence electrons. The summed E-state index contributed by atoms with van der Waals surface area (Å²) >= 11 is 0. The van der Waals surface area contributed by atoms with Gasteiger partial charge < -0.3 is 9.97 Å². The van der Waals surface area contributed by atoms with Gasteiger partial charge in [-0.3, -0.25) is 0 Å². The molecule has 2 aromatic heterocycles. The molecule has 5 rings (SSSR count). The number of pyridine rings is 2. The summed E-state index contributed by atoms with van der Waals surface area (Å²) in [6.07, 6.45) is 3.84. The molecule has 5 aromatic rings. The van der Waals surface area contributed by atoms with Gasteiger partial charge in [-0.2, -0.15) is 0 Å². The third-order valence-corrected chi connectivity index (χ3v) is 8.86. The molecule has 0 aliphatic heterocycles. The molecule has 0 spiro atoms. The van der Waals surface area contributed by atoms with E-state index in [1.807, 2.05) is 42.7 Å². The van der Waals surface area contributed by atoms with Gasteiger partial charge in [0.1, 0.15) is 0 Å². The number of nitrogens with zero attached hydrogens (tertiary/aromatic N) is 2. The molecule has 2 heterocycles. The van der Waals surface area contributed by atoms with Crippen molar-refractivity contribution in [2.75, 3.05) is 0 Å². The topological polar surface area (TPSA) is 25.8 Å². The Labute approximate surface area is 249 Å². The van der Waals surface area contributed by atoms with Crippen LogP contribution in [0.1, 0.15) is 30.5 Å². The van der Waals surface area contributed by atoms with Crippen LogP contribution < -0.4 is 5.19 Å². The molecule has 0 fully saturated rings. The molecule has 0 aliphatic carbocycles. The van der Waals surface area contributed by atoms with Gasteiger partial charge in [-0.15, -0.1) is 70.8 Å². The van der Waals surface area contributed by atoms with Crippen molar-refractivity contribution in [2.24, 2.45) is 0 Å². The average molecular weight is 705 g/mol. The van der Waals surface area contributed by atoms with Crippen LogP contribution in [0.5, 0.6) is 0 Å². The molecule has 3 aromatic carbocycles. The van der Waals surface area contributed by atoms with Gasteiger partial charge >= 0.3 is 0 Å². The zero-order chi connectivity index (χ0) is 27.2. The number of benzene rings is 3. The van der Waals surface area contributed by atoms with E-state index in [1.165, 1.54) is 21.9 Å². The molecule has 39 heavy (non-hydrogen) atoms. The van der Waals surface area contributed by atoms with Gasteiger partial charge in [0.15, 0.2) is 0 Å². The van der Waals surface area contributed by atoms with Crippen LogP contribution in [0.15, 0.2) is 109 Å². The predicted molar refractivity (Wildman–Crippen MR) is 163 cm³/mol. The molecule has 1 radical (unpaired) electrons. The molecule has 0 saturated carbocycles. The molecular formula is C35H36IrN2Si-2. The maximum Gasteiger partial charge on any atom is 0.0795 e. The Morgan fingerprint density at radius 1 is 0.692 bits per heavy atom. The van der Waals surface area contributed by atoms with Crippen molar-refractivity contribution in [1.82, 2.24) is 9.97 Å². The third-order valence-electron chi connectivity index (χ3n) is 6.83. The van der Waals surface area contributed by atoms with Crippen LogP contribution in [0.25, 0.3) is 22.5 Å². The van der Waals surface area contributed by atoms with Gasteiger partial charge in [0.25, 0.3) is 0 Å². The first-order chi connectivity index (χ1) is 18.1. The van der Waals surface area contributed by atoms with Crippen molar-refractivity contribution in [3.63, 3.8) is 0 Å². The molecule has 0 saturated heterocycles. The van der Waals surface area contributed by atoms with E-state index in [2.05, 4.69) is 129 Å². The van der Waals surface area contributed by atoms with Crippen LogP contribution in [0.4, 0.5) is 0 Å². The maximum atomic E-state index is 4.55. The zero-order valence-electron chi connectivity index (χ0n) is 23.6. The number of hydrogen-bond acceptors (Lipinski definition) is 2. The number of rotatable bonds is 5. The minimum atomic E-state index is -1.24. The van der Waals surface area contributed by atoms with E-state index in [4.69, 9.17) is 0 Å². The molecule has 0 atom stereocenters. The van der Waals surface area contributed by atoms with E-state index in [0.717, 1.165) is 22.5 Å². The Morgan fingerprint density at radius 2 is 1.41 bits per heavy atom. The van der Waals surface area contributed by atoms with E-state index < -0.39 is 8.07 Å². The first kappa shape index (κ1) is 30.4. The number of aryl methyl sites for hydroxylation is 1. The summed E-state index contributed by atoms with van der Waals surface area (Å²) in [6.45, 7) is 13.6. The van der Waals surface area contributed by atoms with Crippen LogP contribution in [0.3, 0.4) is 0 Å². The molecule has 0 unspecified atom stereocenters. The van der Waals surface area contributed by atoms with Gasteiger partial charge in [-0.25, -0.2) is 0 Å². The molecule has 0 amide bonds. The standard InChI is InChI=1S/C20H18N.C15H18NSi.Ir/c1-20(2,17-10-4-3-5-11-17)18-12-8-9-16(15-18)19-13-6-7-14-21-19;1-12-5-7-13(8-6-12)15-10-9-14(11-16-15)17(2,3)4;/h3-8,10-15H,1-2H3;5-7,9-11H,1-4H3;/q2*-1;.